The van der Waals surface area contributed by atoms with Gasteiger partial charge in [0.2, 0.25) is 5.88 Å². The first-order valence-corrected chi connectivity index (χ1v) is 5.44. The van der Waals surface area contributed by atoms with E-state index in [0.717, 1.165) is 4.88 Å². The SMILES string of the molecule is COc1cc(C2CNCC2C(=O)O)sn1. The third-order valence-electron chi connectivity index (χ3n) is 2.61. The summed E-state index contributed by atoms with van der Waals surface area (Å²) in [7, 11) is 1.56. The van der Waals surface area contributed by atoms with Gasteiger partial charge >= 0.3 is 5.97 Å². The summed E-state index contributed by atoms with van der Waals surface area (Å²) in [5.74, 6) is -0.525. The normalized spacial score (nSPS) is 25.4. The molecule has 0 spiro atoms. The first-order chi connectivity index (χ1) is 7.22. The summed E-state index contributed by atoms with van der Waals surface area (Å²) in [5, 5.41) is 12.1. The predicted octanol–water partition coefficient (Wildman–Crippen LogP) is 0.539. The van der Waals surface area contributed by atoms with Crippen molar-refractivity contribution in [1.82, 2.24) is 9.69 Å². The van der Waals surface area contributed by atoms with Crippen molar-refractivity contribution in [2.45, 2.75) is 5.92 Å². The maximum absolute atomic E-state index is 11.0. The van der Waals surface area contributed by atoms with Crippen molar-refractivity contribution in [2.24, 2.45) is 5.92 Å². The van der Waals surface area contributed by atoms with E-state index >= 15 is 0 Å². The Labute approximate surface area is 91.2 Å². The molecular weight excluding hydrogens is 216 g/mol. The quantitative estimate of drug-likeness (QED) is 0.790. The number of aromatic nitrogens is 1. The number of nitrogens with one attached hydrogen (secondary N) is 1. The van der Waals surface area contributed by atoms with E-state index in [9.17, 15) is 4.79 Å². The molecule has 1 fully saturated rings. The molecule has 15 heavy (non-hydrogen) atoms. The molecule has 6 heteroatoms. The fourth-order valence-electron chi connectivity index (χ4n) is 1.78. The van der Waals surface area contributed by atoms with Crippen LogP contribution in [-0.4, -0.2) is 35.6 Å². The second-order valence-corrected chi connectivity index (χ2v) is 4.32. The number of aliphatic carboxylic acids is 1. The number of rotatable bonds is 3. The van der Waals surface area contributed by atoms with Crippen LogP contribution in [0.15, 0.2) is 6.07 Å². The van der Waals surface area contributed by atoms with Crippen LogP contribution in [0.1, 0.15) is 10.8 Å². The van der Waals surface area contributed by atoms with Crippen LogP contribution in [0.25, 0.3) is 0 Å². The molecule has 0 aromatic carbocycles. The van der Waals surface area contributed by atoms with Gasteiger partial charge in [-0.05, 0) is 11.5 Å². The number of hydrogen-bond donors (Lipinski definition) is 2. The summed E-state index contributed by atoms with van der Waals surface area (Å²) in [4.78, 5) is 12.0. The highest BCUT2D eigenvalue weighted by atomic mass is 32.1. The molecule has 1 aromatic rings. The van der Waals surface area contributed by atoms with Gasteiger partial charge in [0.15, 0.2) is 0 Å². The van der Waals surface area contributed by atoms with Gasteiger partial charge < -0.3 is 15.2 Å². The molecule has 82 valence electrons. The van der Waals surface area contributed by atoms with Gasteiger partial charge in [0.1, 0.15) is 0 Å². The van der Waals surface area contributed by atoms with E-state index in [1.165, 1.54) is 11.5 Å². The summed E-state index contributed by atoms with van der Waals surface area (Å²) in [6, 6.07) is 1.82. The molecular formula is C9H12N2O3S. The van der Waals surface area contributed by atoms with Crippen molar-refractivity contribution >= 4 is 17.5 Å². The third-order valence-corrected chi connectivity index (χ3v) is 3.52. The lowest BCUT2D eigenvalue weighted by atomic mass is 9.95. The van der Waals surface area contributed by atoms with Crippen molar-refractivity contribution in [2.75, 3.05) is 20.2 Å². The Morgan fingerprint density at radius 3 is 3.13 bits per heavy atom. The van der Waals surface area contributed by atoms with Gasteiger partial charge in [-0.25, -0.2) is 0 Å². The van der Waals surface area contributed by atoms with Crippen molar-refractivity contribution in [3.05, 3.63) is 10.9 Å². The maximum Gasteiger partial charge on any atom is 0.308 e. The molecule has 1 saturated heterocycles. The van der Waals surface area contributed by atoms with Gasteiger partial charge in [-0.3, -0.25) is 4.79 Å². The fraction of sp³-hybridized carbons (Fsp3) is 0.556. The first-order valence-electron chi connectivity index (χ1n) is 4.66. The van der Waals surface area contributed by atoms with Crippen LogP contribution in [0.4, 0.5) is 0 Å². The molecule has 0 bridgehead atoms. The van der Waals surface area contributed by atoms with Crippen molar-refractivity contribution in [1.29, 1.82) is 0 Å². The monoisotopic (exact) mass is 228 g/mol. The van der Waals surface area contributed by atoms with E-state index in [-0.39, 0.29) is 11.8 Å². The molecule has 5 nitrogen and oxygen atoms in total. The average Bonchev–Trinajstić information content (AvgIpc) is 2.85. The Morgan fingerprint density at radius 2 is 2.53 bits per heavy atom. The van der Waals surface area contributed by atoms with Crippen molar-refractivity contribution in [3.63, 3.8) is 0 Å². The number of hydrogen-bond acceptors (Lipinski definition) is 5. The summed E-state index contributed by atoms with van der Waals surface area (Å²) >= 11 is 1.31. The zero-order valence-corrected chi connectivity index (χ0v) is 9.08. The zero-order valence-electron chi connectivity index (χ0n) is 8.27. The second-order valence-electron chi connectivity index (χ2n) is 3.48. The average molecular weight is 228 g/mol. The van der Waals surface area contributed by atoms with E-state index in [1.54, 1.807) is 7.11 Å². The first kappa shape index (κ1) is 10.4. The van der Waals surface area contributed by atoms with E-state index in [4.69, 9.17) is 9.84 Å². The Bertz CT molecular complexity index is 366. The molecule has 0 aliphatic carbocycles. The number of ether oxygens (including phenoxy) is 1. The summed E-state index contributed by atoms with van der Waals surface area (Å²) in [6.45, 7) is 1.22. The smallest absolute Gasteiger partial charge is 0.308 e. The van der Waals surface area contributed by atoms with Gasteiger partial charge in [-0.1, -0.05) is 0 Å². The van der Waals surface area contributed by atoms with E-state index < -0.39 is 5.97 Å². The summed E-state index contributed by atoms with van der Waals surface area (Å²) in [5.41, 5.74) is 0. The molecule has 2 atom stereocenters. The Morgan fingerprint density at radius 1 is 1.73 bits per heavy atom. The summed E-state index contributed by atoms with van der Waals surface area (Å²) < 4.78 is 9.05. The highest BCUT2D eigenvalue weighted by Crippen LogP contribution is 2.32. The lowest BCUT2D eigenvalue weighted by molar-refractivity contribution is -0.141. The van der Waals surface area contributed by atoms with E-state index in [2.05, 4.69) is 9.69 Å². The summed E-state index contributed by atoms with van der Waals surface area (Å²) in [6.07, 6.45) is 0. The van der Waals surface area contributed by atoms with Crippen LogP contribution in [0.3, 0.4) is 0 Å². The van der Waals surface area contributed by atoms with Crippen LogP contribution in [0.2, 0.25) is 0 Å². The molecule has 0 saturated carbocycles. The maximum atomic E-state index is 11.0. The van der Waals surface area contributed by atoms with E-state index in [0.29, 0.717) is 19.0 Å². The highest BCUT2D eigenvalue weighted by Gasteiger charge is 2.35. The number of methoxy groups -OCH3 is 1. The molecule has 1 aliphatic rings. The van der Waals surface area contributed by atoms with Gasteiger partial charge in [-0.15, -0.1) is 0 Å². The number of carbonyl (C=O) groups is 1. The minimum Gasteiger partial charge on any atom is -0.481 e. The van der Waals surface area contributed by atoms with Gasteiger partial charge in [0, 0.05) is 30.0 Å². The highest BCUT2D eigenvalue weighted by molar-refractivity contribution is 7.06. The minimum atomic E-state index is -0.752. The Hall–Kier alpha value is -1.14. The zero-order chi connectivity index (χ0) is 10.8. The standard InChI is InChI=1S/C9H12N2O3S/c1-14-8-2-7(15-11-8)5-3-10-4-6(5)9(12)13/h2,5-6,10H,3-4H2,1H3,(H,12,13). The van der Waals surface area contributed by atoms with Gasteiger partial charge in [0.25, 0.3) is 0 Å². The molecule has 2 heterocycles. The van der Waals surface area contributed by atoms with Crippen LogP contribution < -0.4 is 10.1 Å². The largest absolute Gasteiger partial charge is 0.481 e. The predicted molar refractivity (Wildman–Crippen MR) is 55.4 cm³/mol. The van der Waals surface area contributed by atoms with Crippen molar-refractivity contribution in [3.8, 4) is 5.88 Å². The molecule has 0 radical (unpaired) electrons. The topological polar surface area (TPSA) is 71.5 Å². The van der Waals surface area contributed by atoms with Crippen LogP contribution in [-0.2, 0) is 4.79 Å². The lowest BCUT2D eigenvalue weighted by Crippen LogP contribution is -2.20. The third kappa shape index (κ3) is 1.95. The number of carboxylic acids is 1. The fourth-order valence-corrected chi connectivity index (χ4v) is 2.64. The number of carboxylic acid groups (broad SMARTS) is 1. The van der Waals surface area contributed by atoms with Gasteiger partial charge in [-0.2, -0.15) is 4.37 Å². The molecule has 2 N–H and O–H groups in total. The molecule has 1 aromatic heterocycles. The van der Waals surface area contributed by atoms with Crippen LogP contribution in [0, 0.1) is 5.92 Å². The van der Waals surface area contributed by atoms with Crippen molar-refractivity contribution < 1.29 is 14.6 Å². The van der Waals surface area contributed by atoms with Gasteiger partial charge in [0.05, 0.1) is 13.0 Å². The number of nitrogens with zero attached hydrogens (tertiary/aromatic N) is 1. The van der Waals surface area contributed by atoms with Crippen LogP contribution in [0.5, 0.6) is 5.88 Å². The minimum absolute atomic E-state index is 0.0175. The van der Waals surface area contributed by atoms with Crippen LogP contribution >= 0.6 is 11.5 Å². The lowest BCUT2D eigenvalue weighted by Gasteiger charge is -2.11. The Balaban J connectivity index is 2.18. The molecule has 2 rings (SSSR count). The second kappa shape index (κ2) is 4.16. The Kier molecular flexibility index (Phi) is 2.88. The van der Waals surface area contributed by atoms with E-state index in [1.807, 2.05) is 6.07 Å². The molecule has 0 amide bonds. The molecule has 1 aliphatic heterocycles. The molecule has 2 unspecified atom stereocenters.